The van der Waals surface area contributed by atoms with Gasteiger partial charge in [-0.2, -0.15) is 18.2 Å². The molecule has 176 valence electrons. The predicted octanol–water partition coefficient (Wildman–Crippen LogP) is 5.63. The summed E-state index contributed by atoms with van der Waals surface area (Å²) in [5.74, 6) is -2.23. The van der Waals surface area contributed by atoms with Gasteiger partial charge in [-0.05, 0) is 18.2 Å². The highest BCUT2D eigenvalue weighted by atomic mass is 35.5. The molecule has 1 N–H and O–H groups in total. The summed E-state index contributed by atoms with van der Waals surface area (Å²) in [5, 5.41) is 9.56. The monoisotopic (exact) mass is 507 g/mol. The molecule has 0 saturated carbocycles. The van der Waals surface area contributed by atoms with Crippen molar-refractivity contribution < 1.29 is 22.5 Å². The Morgan fingerprint density at radius 2 is 1.85 bits per heavy atom. The molecule has 34 heavy (non-hydrogen) atoms. The van der Waals surface area contributed by atoms with Gasteiger partial charge in [-0.3, -0.25) is 9.78 Å². The average Bonchev–Trinajstić information content (AvgIpc) is 3.49. The maximum absolute atomic E-state index is 12.7. The third kappa shape index (κ3) is 5.26. The summed E-state index contributed by atoms with van der Waals surface area (Å²) in [4.78, 5) is 24.6. The van der Waals surface area contributed by atoms with Crippen molar-refractivity contribution in [2.75, 3.05) is 6.54 Å². The van der Waals surface area contributed by atoms with E-state index in [1.54, 1.807) is 12.1 Å². The number of benzene rings is 1. The van der Waals surface area contributed by atoms with Crippen molar-refractivity contribution in [2.24, 2.45) is 0 Å². The van der Waals surface area contributed by atoms with Gasteiger partial charge in [0.05, 0.1) is 11.3 Å². The summed E-state index contributed by atoms with van der Waals surface area (Å²) in [5.41, 5.74) is 1.53. The average molecular weight is 508 g/mol. The van der Waals surface area contributed by atoms with E-state index in [2.05, 4.69) is 25.0 Å². The first kappa shape index (κ1) is 23.8. The minimum atomic E-state index is -4.76. The van der Waals surface area contributed by atoms with E-state index < -0.39 is 23.4 Å². The van der Waals surface area contributed by atoms with Crippen molar-refractivity contribution >= 4 is 28.8 Å². The number of hydrogen-bond donors (Lipinski definition) is 1. The lowest BCUT2D eigenvalue weighted by atomic mass is 9.90. The Kier molecular flexibility index (Phi) is 6.41. The second-order valence-corrected chi connectivity index (χ2v) is 9.29. The van der Waals surface area contributed by atoms with E-state index in [1.165, 1.54) is 29.8 Å². The van der Waals surface area contributed by atoms with Crippen LogP contribution in [0.3, 0.4) is 0 Å². The van der Waals surface area contributed by atoms with Gasteiger partial charge >= 0.3 is 12.1 Å². The lowest BCUT2D eigenvalue weighted by Crippen LogP contribution is -2.37. The number of hydrogen-bond acceptors (Lipinski definition) is 7. The number of alkyl halides is 3. The number of pyridine rings is 1. The zero-order valence-corrected chi connectivity index (χ0v) is 19.4. The SMILES string of the molecule is CC(C)(CNC(=O)c1cncc(-c2noc(C(F)(F)F)n2)c1)c1csc(-c2ccc(Cl)cc2)n1. The zero-order chi connectivity index (χ0) is 24.5. The van der Waals surface area contributed by atoms with Gasteiger partial charge in [-0.25, -0.2) is 4.98 Å². The van der Waals surface area contributed by atoms with Crippen LogP contribution in [0, 0.1) is 0 Å². The fourth-order valence-electron chi connectivity index (χ4n) is 2.95. The molecular weight excluding hydrogens is 491 g/mol. The molecule has 0 aliphatic rings. The lowest BCUT2D eigenvalue weighted by Gasteiger charge is -2.23. The molecule has 0 atom stereocenters. The van der Waals surface area contributed by atoms with Crippen LogP contribution in [0.15, 0.2) is 52.6 Å². The number of halogens is 4. The molecular formula is C22H17ClF3N5O2S. The Morgan fingerprint density at radius 1 is 1.12 bits per heavy atom. The van der Waals surface area contributed by atoms with Gasteiger partial charge < -0.3 is 9.84 Å². The summed E-state index contributed by atoms with van der Waals surface area (Å²) in [6, 6.07) is 8.72. The van der Waals surface area contributed by atoms with Crippen molar-refractivity contribution in [3.05, 3.63) is 70.3 Å². The van der Waals surface area contributed by atoms with Gasteiger partial charge in [0.1, 0.15) is 5.01 Å². The minimum Gasteiger partial charge on any atom is -0.351 e. The molecule has 4 aromatic rings. The van der Waals surface area contributed by atoms with Gasteiger partial charge in [-0.1, -0.05) is 42.7 Å². The smallest absolute Gasteiger partial charge is 0.351 e. The molecule has 0 unspecified atom stereocenters. The molecule has 0 aliphatic heterocycles. The van der Waals surface area contributed by atoms with Gasteiger partial charge in [0.2, 0.25) is 5.82 Å². The van der Waals surface area contributed by atoms with Crippen LogP contribution in [0.4, 0.5) is 13.2 Å². The fourth-order valence-corrected chi connectivity index (χ4v) is 4.09. The fraction of sp³-hybridized carbons (Fsp3) is 0.227. The van der Waals surface area contributed by atoms with Gasteiger partial charge in [0.25, 0.3) is 5.91 Å². The number of nitrogens with zero attached hydrogens (tertiary/aromatic N) is 4. The van der Waals surface area contributed by atoms with Gasteiger partial charge in [-0.15, -0.1) is 11.3 Å². The molecule has 0 saturated heterocycles. The second-order valence-electron chi connectivity index (χ2n) is 7.99. The summed E-state index contributed by atoms with van der Waals surface area (Å²) in [7, 11) is 0. The van der Waals surface area contributed by atoms with Crippen LogP contribution >= 0.6 is 22.9 Å². The standard InChI is InChI=1S/C22H17ClF3N5O2S/c1-21(2,16-10-34-19(29-16)12-3-5-15(23)6-4-12)11-28-18(32)14-7-13(8-27-9-14)17-30-20(33-31-17)22(24,25)26/h3-10H,11H2,1-2H3,(H,28,32). The van der Waals surface area contributed by atoms with Gasteiger partial charge in [0.15, 0.2) is 0 Å². The van der Waals surface area contributed by atoms with E-state index in [9.17, 15) is 18.0 Å². The summed E-state index contributed by atoms with van der Waals surface area (Å²) in [6.07, 6.45) is -2.21. The van der Waals surface area contributed by atoms with Crippen LogP contribution in [0.2, 0.25) is 5.02 Å². The van der Waals surface area contributed by atoms with E-state index in [-0.39, 0.29) is 23.5 Å². The predicted molar refractivity (Wildman–Crippen MR) is 120 cm³/mol. The van der Waals surface area contributed by atoms with E-state index in [4.69, 9.17) is 16.6 Å². The van der Waals surface area contributed by atoms with Crippen LogP contribution < -0.4 is 5.32 Å². The number of carbonyl (C=O) groups excluding carboxylic acids is 1. The Bertz CT molecular complexity index is 1320. The van der Waals surface area contributed by atoms with Gasteiger partial charge in [0, 0.05) is 45.9 Å². The number of thiazole rings is 1. The van der Waals surface area contributed by atoms with Crippen molar-refractivity contribution in [3.63, 3.8) is 0 Å². The van der Waals surface area contributed by atoms with Crippen molar-refractivity contribution in [3.8, 4) is 22.0 Å². The third-order valence-corrected chi connectivity index (χ3v) is 6.05. The molecule has 7 nitrogen and oxygen atoms in total. The molecule has 0 bridgehead atoms. The van der Waals surface area contributed by atoms with Crippen molar-refractivity contribution in [1.29, 1.82) is 0 Å². The van der Waals surface area contributed by atoms with Crippen LogP contribution in [0.1, 0.15) is 35.8 Å². The van der Waals surface area contributed by atoms with Crippen molar-refractivity contribution in [2.45, 2.75) is 25.4 Å². The normalized spacial score (nSPS) is 12.1. The highest BCUT2D eigenvalue weighted by Crippen LogP contribution is 2.31. The Hall–Kier alpha value is -3.31. The highest BCUT2D eigenvalue weighted by molar-refractivity contribution is 7.13. The van der Waals surface area contributed by atoms with E-state index >= 15 is 0 Å². The number of amides is 1. The zero-order valence-electron chi connectivity index (χ0n) is 17.9. The Morgan fingerprint density at radius 3 is 2.53 bits per heavy atom. The largest absolute Gasteiger partial charge is 0.471 e. The molecule has 0 radical (unpaired) electrons. The van der Waals surface area contributed by atoms with Crippen LogP contribution in [0.5, 0.6) is 0 Å². The molecule has 1 aromatic carbocycles. The molecule has 3 heterocycles. The molecule has 0 aliphatic carbocycles. The number of rotatable bonds is 6. The molecule has 1 amide bonds. The molecule has 0 spiro atoms. The summed E-state index contributed by atoms with van der Waals surface area (Å²) >= 11 is 7.43. The number of nitrogens with one attached hydrogen (secondary N) is 1. The molecule has 12 heteroatoms. The topological polar surface area (TPSA) is 93.8 Å². The first-order chi connectivity index (χ1) is 16.0. The van der Waals surface area contributed by atoms with Crippen LogP contribution in [0.25, 0.3) is 22.0 Å². The highest BCUT2D eigenvalue weighted by Gasteiger charge is 2.38. The van der Waals surface area contributed by atoms with Crippen LogP contribution in [-0.2, 0) is 11.6 Å². The second kappa shape index (κ2) is 9.15. The van der Waals surface area contributed by atoms with E-state index in [0.717, 1.165) is 16.3 Å². The Balaban J connectivity index is 1.45. The molecule has 4 rings (SSSR count). The maximum Gasteiger partial charge on any atom is 0.471 e. The minimum absolute atomic E-state index is 0.123. The van der Waals surface area contributed by atoms with Crippen molar-refractivity contribution in [1.82, 2.24) is 25.4 Å². The maximum atomic E-state index is 12.7. The van der Waals surface area contributed by atoms with Crippen LogP contribution in [-0.4, -0.2) is 32.6 Å². The summed E-state index contributed by atoms with van der Waals surface area (Å²) < 4.78 is 42.4. The molecule has 0 fully saturated rings. The first-order valence-electron chi connectivity index (χ1n) is 9.89. The first-order valence-corrected chi connectivity index (χ1v) is 11.2. The quantitative estimate of drug-likeness (QED) is 0.363. The van der Waals surface area contributed by atoms with E-state index in [1.807, 2.05) is 31.4 Å². The number of aromatic nitrogens is 4. The lowest BCUT2D eigenvalue weighted by molar-refractivity contribution is -0.159. The summed E-state index contributed by atoms with van der Waals surface area (Å²) in [6.45, 7) is 4.15. The molecule has 3 aromatic heterocycles. The number of carbonyl (C=O) groups is 1. The third-order valence-electron chi connectivity index (χ3n) is 4.91. The Labute approximate surface area is 201 Å². The van der Waals surface area contributed by atoms with E-state index in [0.29, 0.717) is 5.02 Å².